The van der Waals surface area contributed by atoms with Gasteiger partial charge in [0.2, 0.25) is 5.91 Å². The van der Waals surface area contributed by atoms with E-state index in [2.05, 4.69) is 38.5 Å². The highest BCUT2D eigenvalue weighted by molar-refractivity contribution is 5.84. The second kappa shape index (κ2) is 9.85. The zero-order chi connectivity index (χ0) is 27.5. The molecule has 7 nitrogen and oxygen atoms in total. The van der Waals surface area contributed by atoms with E-state index >= 15 is 0 Å². The van der Waals surface area contributed by atoms with Gasteiger partial charge in [-0.1, -0.05) is 20.3 Å². The predicted octanol–water partition coefficient (Wildman–Crippen LogP) is 5.29. The number of carbonyl (C=O) groups is 1. The topological polar surface area (TPSA) is 67.2 Å². The van der Waals surface area contributed by atoms with E-state index in [1.807, 2.05) is 11.8 Å². The smallest absolute Gasteiger partial charge is 0.337 e. The van der Waals surface area contributed by atoms with Gasteiger partial charge in [0.05, 0.1) is 11.0 Å². The maximum absolute atomic E-state index is 14.1. The molecule has 1 amide bonds. The molecule has 0 N–H and O–H groups in total. The summed E-state index contributed by atoms with van der Waals surface area (Å²) in [5, 5.41) is 8.78. The molecule has 10 heteroatoms. The van der Waals surface area contributed by atoms with E-state index in [9.17, 15) is 18.0 Å². The van der Waals surface area contributed by atoms with Crippen LogP contribution in [0, 0.1) is 18.3 Å². The Morgan fingerprint density at radius 2 is 1.87 bits per heavy atom. The van der Waals surface area contributed by atoms with Gasteiger partial charge in [0, 0.05) is 62.5 Å². The molecule has 212 valence electrons. The van der Waals surface area contributed by atoms with Gasteiger partial charge in [-0.15, -0.1) is 10.2 Å². The molecule has 1 saturated heterocycles. The first-order valence-electron chi connectivity index (χ1n) is 14.6. The normalized spacial score (nSPS) is 28.2. The van der Waals surface area contributed by atoms with E-state index in [0.29, 0.717) is 48.1 Å². The Hall–Kier alpha value is -2.49. The van der Waals surface area contributed by atoms with Crippen LogP contribution in [0.5, 0.6) is 0 Å². The molecule has 3 fully saturated rings. The SMILES string of the molecule is Cc1nnc(C(C)C)n1C1CCN([C@@H]2C[C@H]3CCC[C@@]3(C(=O)N3CCc4ncc(C(F)(F)F)cc4C3)C2)CC1. The standard InChI is InChI=1S/C29H39F3N6O/c1-18(2)26-35-34-19(3)38(26)23-6-10-36(11-7-23)24-14-21-5-4-9-28(21,15-24)27(39)37-12-8-25-20(17-37)13-22(16-33-25)29(30,31)32/h13,16,18,21,23-24H,4-12,14-15,17H2,1-3H3/t21-,24-,28-/m1/s1. The van der Waals surface area contributed by atoms with Crippen LogP contribution < -0.4 is 0 Å². The summed E-state index contributed by atoms with van der Waals surface area (Å²) in [5.41, 5.74) is 0.115. The van der Waals surface area contributed by atoms with Crippen LogP contribution in [-0.2, 0) is 23.9 Å². The molecule has 0 bridgehead atoms. The molecule has 4 heterocycles. The van der Waals surface area contributed by atoms with Gasteiger partial charge < -0.3 is 14.4 Å². The van der Waals surface area contributed by atoms with E-state index in [4.69, 9.17) is 0 Å². The van der Waals surface area contributed by atoms with Gasteiger partial charge in [0.15, 0.2) is 0 Å². The lowest BCUT2D eigenvalue weighted by molar-refractivity contribution is -0.144. The van der Waals surface area contributed by atoms with Gasteiger partial charge >= 0.3 is 6.18 Å². The summed E-state index contributed by atoms with van der Waals surface area (Å²) >= 11 is 0. The third-order valence-electron chi connectivity index (χ3n) is 9.98. The molecule has 0 radical (unpaired) electrons. The lowest BCUT2D eigenvalue weighted by Gasteiger charge is -2.39. The number of aryl methyl sites for hydroxylation is 1. The maximum atomic E-state index is 14.1. The van der Waals surface area contributed by atoms with Gasteiger partial charge in [-0.05, 0) is 63.0 Å². The average Bonchev–Trinajstić information content (AvgIpc) is 3.60. The quantitative estimate of drug-likeness (QED) is 0.523. The fourth-order valence-electron chi connectivity index (χ4n) is 8.05. The Morgan fingerprint density at radius 1 is 1.10 bits per heavy atom. The van der Waals surface area contributed by atoms with Crippen molar-refractivity contribution in [3.63, 3.8) is 0 Å². The molecule has 3 atom stereocenters. The molecular formula is C29H39F3N6O. The Labute approximate surface area is 228 Å². The summed E-state index contributed by atoms with van der Waals surface area (Å²) in [6, 6.07) is 1.99. The molecule has 2 aliphatic carbocycles. The van der Waals surface area contributed by atoms with Crippen molar-refractivity contribution in [2.45, 2.75) is 103 Å². The highest BCUT2D eigenvalue weighted by Crippen LogP contribution is 2.57. The van der Waals surface area contributed by atoms with Crippen LogP contribution in [0.15, 0.2) is 12.3 Å². The van der Waals surface area contributed by atoms with Gasteiger partial charge in [0.25, 0.3) is 0 Å². The molecule has 4 aliphatic rings. The zero-order valence-corrected chi connectivity index (χ0v) is 23.2. The molecular weight excluding hydrogens is 505 g/mol. The van der Waals surface area contributed by atoms with E-state index in [1.54, 1.807) is 0 Å². The number of amides is 1. The molecule has 0 unspecified atom stereocenters. The number of pyridine rings is 1. The summed E-state index contributed by atoms with van der Waals surface area (Å²) in [5.74, 6) is 2.90. The fourth-order valence-corrected chi connectivity index (χ4v) is 8.05. The number of likely N-dealkylation sites (tertiary alicyclic amines) is 1. The van der Waals surface area contributed by atoms with Crippen LogP contribution in [0.4, 0.5) is 13.2 Å². The average molecular weight is 545 g/mol. The van der Waals surface area contributed by atoms with Crippen molar-refractivity contribution in [1.82, 2.24) is 29.5 Å². The number of alkyl halides is 3. The van der Waals surface area contributed by atoms with Crippen LogP contribution >= 0.6 is 0 Å². The summed E-state index contributed by atoms with van der Waals surface area (Å²) < 4.78 is 42.2. The largest absolute Gasteiger partial charge is 0.417 e. The summed E-state index contributed by atoms with van der Waals surface area (Å²) in [6.07, 6.45) is 4.04. The van der Waals surface area contributed by atoms with Crippen LogP contribution in [-0.4, -0.2) is 61.1 Å². The number of rotatable bonds is 4. The number of aromatic nitrogens is 4. The summed E-state index contributed by atoms with van der Waals surface area (Å²) in [6.45, 7) is 9.13. The summed E-state index contributed by atoms with van der Waals surface area (Å²) in [4.78, 5) is 22.6. The lowest BCUT2D eigenvalue weighted by Crippen LogP contribution is -2.47. The van der Waals surface area contributed by atoms with Crippen molar-refractivity contribution in [2.75, 3.05) is 19.6 Å². The highest BCUT2D eigenvalue weighted by atomic mass is 19.4. The third-order valence-corrected chi connectivity index (χ3v) is 9.98. The van der Waals surface area contributed by atoms with Crippen LogP contribution in [0.2, 0.25) is 0 Å². The number of halogens is 3. The van der Waals surface area contributed by atoms with Crippen LogP contribution in [0.3, 0.4) is 0 Å². The number of hydrogen-bond acceptors (Lipinski definition) is 5. The number of fused-ring (bicyclic) bond motifs is 2. The summed E-state index contributed by atoms with van der Waals surface area (Å²) in [7, 11) is 0. The zero-order valence-electron chi connectivity index (χ0n) is 23.2. The van der Waals surface area contributed by atoms with Gasteiger partial charge in [-0.2, -0.15) is 13.2 Å². The van der Waals surface area contributed by atoms with Gasteiger partial charge in [-0.3, -0.25) is 9.78 Å². The predicted molar refractivity (Wildman–Crippen MR) is 140 cm³/mol. The van der Waals surface area contributed by atoms with E-state index in [-0.39, 0.29) is 17.9 Å². The first-order valence-corrected chi connectivity index (χ1v) is 14.6. The molecule has 0 aromatic carbocycles. The van der Waals surface area contributed by atoms with Crippen molar-refractivity contribution in [2.24, 2.45) is 11.3 Å². The van der Waals surface area contributed by atoms with Crippen molar-refractivity contribution >= 4 is 5.91 Å². The number of carbonyl (C=O) groups excluding carboxylic acids is 1. The number of piperidine rings is 1. The minimum atomic E-state index is -4.43. The van der Waals surface area contributed by atoms with Crippen molar-refractivity contribution < 1.29 is 18.0 Å². The van der Waals surface area contributed by atoms with E-state index < -0.39 is 11.7 Å². The minimum absolute atomic E-state index is 0.159. The van der Waals surface area contributed by atoms with Crippen LogP contribution in [0.25, 0.3) is 0 Å². The van der Waals surface area contributed by atoms with Gasteiger partial charge in [0.1, 0.15) is 11.6 Å². The first-order chi connectivity index (χ1) is 18.6. The fraction of sp³-hybridized carbons (Fsp3) is 0.724. The van der Waals surface area contributed by atoms with Crippen LogP contribution in [0.1, 0.15) is 99.2 Å². The van der Waals surface area contributed by atoms with E-state index in [1.165, 1.54) is 6.07 Å². The Morgan fingerprint density at radius 3 is 2.59 bits per heavy atom. The monoisotopic (exact) mass is 544 g/mol. The molecule has 39 heavy (non-hydrogen) atoms. The Bertz CT molecular complexity index is 1230. The molecule has 2 aliphatic heterocycles. The number of nitrogens with zero attached hydrogens (tertiary/aromatic N) is 6. The second-order valence-corrected chi connectivity index (χ2v) is 12.5. The van der Waals surface area contributed by atoms with Crippen molar-refractivity contribution in [3.05, 3.63) is 40.7 Å². The molecule has 6 rings (SSSR count). The molecule has 0 spiro atoms. The maximum Gasteiger partial charge on any atom is 0.417 e. The minimum Gasteiger partial charge on any atom is -0.337 e. The van der Waals surface area contributed by atoms with E-state index in [0.717, 1.165) is 75.9 Å². The highest BCUT2D eigenvalue weighted by Gasteiger charge is 2.57. The van der Waals surface area contributed by atoms with Gasteiger partial charge in [-0.25, -0.2) is 0 Å². The third kappa shape index (κ3) is 4.66. The molecule has 2 saturated carbocycles. The lowest BCUT2D eigenvalue weighted by atomic mass is 9.78. The van der Waals surface area contributed by atoms with Crippen molar-refractivity contribution in [3.8, 4) is 0 Å². The second-order valence-electron chi connectivity index (χ2n) is 12.5. The molecule has 2 aromatic rings. The molecule has 2 aromatic heterocycles. The number of hydrogen-bond donors (Lipinski definition) is 0. The van der Waals surface area contributed by atoms with Crippen molar-refractivity contribution in [1.29, 1.82) is 0 Å². The first kappa shape index (κ1) is 26.7. The Balaban J connectivity index is 1.14. The Kier molecular flexibility index (Phi) is 6.75.